The molecule has 8 nitrogen and oxygen atoms in total. The van der Waals surface area contributed by atoms with E-state index >= 15 is 0 Å². The second-order valence-corrected chi connectivity index (χ2v) is 7.57. The highest BCUT2D eigenvalue weighted by Crippen LogP contribution is 2.27. The number of anilines is 1. The van der Waals surface area contributed by atoms with Crippen molar-refractivity contribution in [2.75, 3.05) is 5.32 Å². The van der Waals surface area contributed by atoms with Crippen LogP contribution < -0.4 is 5.32 Å². The Morgan fingerprint density at radius 3 is 2.62 bits per heavy atom. The quantitative estimate of drug-likeness (QED) is 0.449. The number of amides is 1. The van der Waals surface area contributed by atoms with Crippen molar-refractivity contribution in [2.45, 2.75) is 20.4 Å². The minimum Gasteiger partial charge on any atom is -0.335 e. The summed E-state index contributed by atoms with van der Waals surface area (Å²) in [7, 11) is 0. The van der Waals surface area contributed by atoms with E-state index in [4.69, 9.17) is 4.52 Å². The largest absolute Gasteiger partial charge is 0.335 e. The van der Waals surface area contributed by atoms with E-state index in [0.29, 0.717) is 34.6 Å². The summed E-state index contributed by atoms with van der Waals surface area (Å²) in [5.41, 5.74) is 5.05. The number of rotatable bonds is 5. The van der Waals surface area contributed by atoms with Crippen LogP contribution in [0.25, 0.3) is 22.4 Å². The van der Waals surface area contributed by atoms with Crippen LogP contribution in [0.2, 0.25) is 0 Å². The summed E-state index contributed by atoms with van der Waals surface area (Å²) in [6.07, 6.45) is 1.59. The van der Waals surface area contributed by atoms with E-state index in [9.17, 15) is 4.79 Å². The van der Waals surface area contributed by atoms with E-state index in [0.717, 1.165) is 16.7 Å². The summed E-state index contributed by atoms with van der Waals surface area (Å²) >= 11 is 0. The molecule has 3 aromatic heterocycles. The molecule has 0 aliphatic rings. The zero-order valence-corrected chi connectivity index (χ0v) is 17.6. The number of fused-ring (bicyclic) bond motifs is 1. The van der Waals surface area contributed by atoms with E-state index in [1.807, 2.05) is 61.5 Å². The van der Waals surface area contributed by atoms with Crippen molar-refractivity contribution in [1.82, 2.24) is 24.9 Å². The zero-order valence-electron chi connectivity index (χ0n) is 17.6. The topological polar surface area (TPSA) is 98.7 Å². The van der Waals surface area contributed by atoms with Gasteiger partial charge in [0.2, 0.25) is 5.95 Å². The van der Waals surface area contributed by atoms with Gasteiger partial charge in [0.15, 0.2) is 0 Å². The van der Waals surface area contributed by atoms with Crippen molar-refractivity contribution < 1.29 is 9.32 Å². The second-order valence-electron chi connectivity index (χ2n) is 7.57. The van der Waals surface area contributed by atoms with Gasteiger partial charge in [-0.25, -0.2) is 14.6 Å². The van der Waals surface area contributed by atoms with Crippen LogP contribution in [-0.2, 0) is 6.54 Å². The molecule has 1 amide bonds. The lowest BCUT2D eigenvalue weighted by atomic mass is 10.0. The third kappa shape index (κ3) is 3.85. The first kappa shape index (κ1) is 19.6. The van der Waals surface area contributed by atoms with Crippen LogP contribution in [0.4, 0.5) is 5.95 Å². The molecular weight excluding hydrogens is 404 g/mol. The summed E-state index contributed by atoms with van der Waals surface area (Å²) in [6, 6.07) is 19.6. The molecule has 1 N–H and O–H groups in total. The maximum atomic E-state index is 13.2. The molecule has 0 saturated carbocycles. The molecule has 0 aliphatic carbocycles. The Balaban J connectivity index is 1.45. The van der Waals surface area contributed by atoms with Crippen molar-refractivity contribution in [3.05, 3.63) is 89.4 Å². The van der Waals surface area contributed by atoms with Gasteiger partial charge in [0.25, 0.3) is 11.6 Å². The number of carbonyl (C=O) groups excluding carboxylic acids is 1. The Morgan fingerprint density at radius 1 is 1.06 bits per heavy atom. The van der Waals surface area contributed by atoms with Gasteiger partial charge in [-0.05, 0) is 25.5 Å². The maximum Gasteiger partial charge on any atom is 0.259 e. The van der Waals surface area contributed by atoms with Crippen LogP contribution in [0, 0.1) is 13.8 Å². The summed E-state index contributed by atoms with van der Waals surface area (Å²) in [5, 5.41) is 11.7. The molecular formula is C24H20N6O2. The molecule has 5 aromatic rings. The fraction of sp³-hybridized carbons (Fsp3) is 0.125. The molecule has 0 fully saturated rings. The summed E-state index contributed by atoms with van der Waals surface area (Å²) in [6.45, 7) is 4.36. The molecule has 0 unspecified atom stereocenters. The fourth-order valence-corrected chi connectivity index (χ4v) is 3.51. The summed E-state index contributed by atoms with van der Waals surface area (Å²) in [5.74, 6) is -0.128. The van der Waals surface area contributed by atoms with E-state index in [1.54, 1.807) is 24.0 Å². The standard InChI is InChI=1S/C24H20N6O2/c1-15-8-10-18(11-9-15)20-12-19(21-16(2)29-32-23(21)26-20)22(31)27-24-25-14-30(28-24)13-17-6-4-3-5-7-17/h3-12,14H,13H2,1-2H3,(H,27,28,31). The van der Waals surface area contributed by atoms with E-state index in [-0.39, 0.29) is 11.9 Å². The minimum absolute atomic E-state index is 0.224. The van der Waals surface area contributed by atoms with Gasteiger partial charge in [-0.2, -0.15) is 0 Å². The first-order chi connectivity index (χ1) is 15.6. The molecule has 0 atom stereocenters. The molecule has 158 valence electrons. The van der Waals surface area contributed by atoms with Gasteiger partial charge >= 0.3 is 0 Å². The van der Waals surface area contributed by atoms with Gasteiger partial charge in [-0.1, -0.05) is 65.3 Å². The van der Waals surface area contributed by atoms with Crippen molar-refractivity contribution in [2.24, 2.45) is 0 Å². The second kappa shape index (κ2) is 8.07. The van der Waals surface area contributed by atoms with E-state index in [2.05, 4.69) is 25.5 Å². The SMILES string of the molecule is Cc1ccc(-c2cc(C(=O)Nc3ncn(Cc4ccccc4)n3)c3c(C)noc3n2)cc1. The Hall–Kier alpha value is -4.33. The van der Waals surface area contributed by atoms with Gasteiger partial charge in [-0.15, -0.1) is 5.10 Å². The highest BCUT2D eigenvalue weighted by Gasteiger charge is 2.20. The highest BCUT2D eigenvalue weighted by molar-refractivity contribution is 6.12. The molecule has 5 rings (SSSR count). The van der Waals surface area contributed by atoms with Gasteiger partial charge in [0.1, 0.15) is 6.33 Å². The number of aryl methyl sites for hydroxylation is 2. The van der Waals surface area contributed by atoms with Gasteiger partial charge in [0.05, 0.1) is 28.9 Å². The molecule has 0 aliphatic heterocycles. The molecule has 0 radical (unpaired) electrons. The Morgan fingerprint density at radius 2 is 1.84 bits per heavy atom. The number of nitrogens with zero attached hydrogens (tertiary/aromatic N) is 5. The monoisotopic (exact) mass is 424 g/mol. The molecule has 0 spiro atoms. The zero-order chi connectivity index (χ0) is 22.1. The van der Waals surface area contributed by atoms with E-state index in [1.165, 1.54) is 0 Å². The van der Waals surface area contributed by atoms with Gasteiger partial charge < -0.3 is 4.52 Å². The first-order valence-corrected chi connectivity index (χ1v) is 10.2. The number of aromatic nitrogens is 5. The van der Waals surface area contributed by atoms with E-state index < -0.39 is 0 Å². The van der Waals surface area contributed by atoms with Crippen LogP contribution in [0.15, 0.2) is 71.5 Å². The lowest BCUT2D eigenvalue weighted by Crippen LogP contribution is -2.14. The van der Waals surface area contributed by atoms with Crippen molar-refractivity contribution in [3.8, 4) is 11.3 Å². The van der Waals surface area contributed by atoms with Crippen LogP contribution in [0.5, 0.6) is 0 Å². The van der Waals surface area contributed by atoms with Crippen LogP contribution in [-0.4, -0.2) is 30.8 Å². The number of carbonyl (C=O) groups is 1. The first-order valence-electron chi connectivity index (χ1n) is 10.2. The highest BCUT2D eigenvalue weighted by atomic mass is 16.5. The average Bonchev–Trinajstić information content (AvgIpc) is 3.40. The average molecular weight is 424 g/mol. The smallest absolute Gasteiger partial charge is 0.259 e. The molecule has 8 heteroatoms. The van der Waals surface area contributed by atoms with Gasteiger partial charge in [-0.3, -0.25) is 10.1 Å². The molecule has 32 heavy (non-hydrogen) atoms. The van der Waals surface area contributed by atoms with Crippen molar-refractivity contribution >= 4 is 23.0 Å². The number of nitrogens with one attached hydrogen (secondary N) is 1. The molecule has 0 saturated heterocycles. The predicted molar refractivity (Wildman–Crippen MR) is 120 cm³/mol. The third-order valence-corrected chi connectivity index (χ3v) is 5.16. The number of hydrogen-bond donors (Lipinski definition) is 1. The maximum absolute atomic E-state index is 13.2. The van der Waals surface area contributed by atoms with Crippen LogP contribution >= 0.6 is 0 Å². The number of hydrogen-bond acceptors (Lipinski definition) is 6. The predicted octanol–water partition coefficient (Wildman–Crippen LogP) is 4.40. The summed E-state index contributed by atoms with van der Waals surface area (Å²) < 4.78 is 7.05. The minimum atomic E-state index is -0.352. The van der Waals surface area contributed by atoms with Gasteiger partial charge in [0, 0.05) is 5.56 Å². The number of benzene rings is 2. The summed E-state index contributed by atoms with van der Waals surface area (Å²) in [4.78, 5) is 22.0. The van der Waals surface area contributed by atoms with Crippen LogP contribution in [0.3, 0.4) is 0 Å². The normalized spacial score (nSPS) is 11.1. The Kier molecular flexibility index (Phi) is 4.95. The van der Waals surface area contributed by atoms with Crippen LogP contribution in [0.1, 0.15) is 27.2 Å². The molecule has 0 bridgehead atoms. The van der Waals surface area contributed by atoms with Crippen molar-refractivity contribution in [3.63, 3.8) is 0 Å². The lowest BCUT2D eigenvalue weighted by molar-refractivity contribution is 0.102. The third-order valence-electron chi connectivity index (χ3n) is 5.16. The molecule has 3 heterocycles. The van der Waals surface area contributed by atoms with Crippen molar-refractivity contribution in [1.29, 1.82) is 0 Å². The number of pyridine rings is 1. The Bertz CT molecular complexity index is 1400. The lowest BCUT2D eigenvalue weighted by Gasteiger charge is -2.07. The fourth-order valence-electron chi connectivity index (χ4n) is 3.51. The Labute approximate surface area is 183 Å². The molecule has 2 aromatic carbocycles.